The predicted molar refractivity (Wildman–Crippen MR) is 61.6 cm³/mol. The number of aromatic nitrogens is 1. The van der Waals surface area contributed by atoms with E-state index in [4.69, 9.17) is 9.84 Å². The van der Waals surface area contributed by atoms with Gasteiger partial charge >= 0.3 is 5.97 Å². The van der Waals surface area contributed by atoms with E-state index in [1.54, 1.807) is 17.2 Å². The van der Waals surface area contributed by atoms with Crippen molar-refractivity contribution in [2.75, 3.05) is 13.2 Å². The molecule has 0 bridgehead atoms. The van der Waals surface area contributed by atoms with E-state index in [9.17, 15) is 9.59 Å². The molecule has 2 heterocycles. The molecule has 1 unspecified atom stereocenters. The van der Waals surface area contributed by atoms with Crippen LogP contribution in [0.1, 0.15) is 12.1 Å². The fraction of sp³-hybridized carbons (Fsp3) is 0.417. The molecule has 1 aromatic rings. The molecule has 0 aromatic carbocycles. The number of nitrogens with zero attached hydrogens (tertiary/aromatic N) is 2. The Bertz CT molecular complexity index is 435. The number of hydrogen-bond donors (Lipinski definition) is 1. The van der Waals surface area contributed by atoms with Gasteiger partial charge in [-0.2, -0.15) is 0 Å². The zero-order chi connectivity index (χ0) is 13.0. The molecule has 96 valence electrons. The Balaban J connectivity index is 2.00. The lowest BCUT2D eigenvalue weighted by Crippen LogP contribution is -2.48. The van der Waals surface area contributed by atoms with E-state index in [1.807, 2.05) is 12.1 Å². The van der Waals surface area contributed by atoms with Crippen molar-refractivity contribution in [3.05, 3.63) is 30.1 Å². The average Bonchev–Trinajstić information content (AvgIpc) is 2.35. The number of carboxylic acids is 1. The summed E-state index contributed by atoms with van der Waals surface area (Å²) in [7, 11) is 0. The number of morpholine rings is 1. The van der Waals surface area contributed by atoms with Gasteiger partial charge in [-0.25, -0.2) is 0 Å². The highest BCUT2D eigenvalue weighted by Crippen LogP contribution is 2.13. The summed E-state index contributed by atoms with van der Waals surface area (Å²) in [5, 5.41) is 8.70. The number of ether oxygens (including phenoxy) is 1. The van der Waals surface area contributed by atoms with Crippen molar-refractivity contribution in [3.8, 4) is 0 Å². The molecule has 1 amide bonds. The van der Waals surface area contributed by atoms with Crippen LogP contribution in [0.2, 0.25) is 0 Å². The summed E-state index contributed by atoms with van der Waals surface area (Å²) in [6.45, 7) is 1.21. The molecule has 1 atom stereocenters. The lowest BCUT2D eigenvalue weighted by Gasteiger charge is -2.31. The van der Waals surface area contributed by atoms with Crippen LogP contribution >= 0.6 is 0 Å². The summed E-state index contributed by atoms with van der Waals surface area (Å²) in [5.74, 6) is -1.32. The molecule has 1 aromatic heterocycles. The lowest BCUT2D eigenvalue weighted by molar-refractivity contribution is -0.160. The summed E-state index contributed by atoms with van der Waals surface area (Å²) >= 11 is 0. The van der Waals surface area contributed by atoms with Gasteiger partial charge < -0.3 is 14.7 Å². The third-order valence-electron chi connectivity index (χ3n) is 2.71. The van der Waals surface area contributed by atoms with Crippen LogP contribution < -0.4 is 0 Å². The molecule has 0 aliphatic carbocycles. The Kier molecular flexibility index (Phi) is 3.88. The second-order valence-electron chi connectivity index (χ2n) is 4.04. The lowest BCUT2D eigenvalue weighted by atomic mass is 10.2. The highest BCUT2D eigenvalue weighted by Gasteiger charge is 2.31. The summed E-state index contributed by atoms with van der Waals surface area (Å²) in [5.41, 5.74) is 0.779. The van der Waals surface area contributed by atoms with Crippen molar-refractivity contribution in [1.82, 2.24) is 9.88 Å². The highest BCUT2D eigenvalue weighted by atomic mass is 16.5. The van der Waals surface area contributed by atoms with Gasteiger partial charge in [-0.05, 0) is 12.1 Å². The van der Waals surface area contributed by atoms with Crippen molar-refractivity contribution < 1.29 is 19.4 Å². The Hall–Kier alpha value is -1.95. The first-order valence-corrected chi connectivity index (χ1v) is 5.69. The van der Waals surface area contributed by atoms with Gasteiger partial charge in [-0.1, -0.05) is 6.07 Å². The molecule has 1 fully saturated rings. The molecule has 0 spiro atoms. The van der Waals surface area contributed by atoms with Crippen molar-refractivity contribution in [2.24, 2.45) is 0 Å². The number of carbonyl (C=O) groups excluding carboxylic acids is 1. The number of carboxylic acid groups (broad SMARTS) is 1. The fourth-order valence-electron chi connectivity index (χ4n) is 1.84. The molecule has 6 nitrogen and oxygen atoms in total. The number of aliphatic carboxylic acids is 1. The van der Waals surface area contributed by atoms with Crippen molar-refractivity contribution >= 4 is 11.9 Å². The molecule has 0 saturated carbocycles. The van der Waals surface area contributed by atoms with Gasteiger partial charge in [0.15, 0.2) is 0 Å². The van der Waals surface area contributed by atoms with Gasteiger partial charge in [-0.3, -0.25) is 14.6 Å². The number of amides is 1. The maximum Gasteiger partial charge on any atom is 0.306 e. The van der Waals surface area contributed by atoms with Gasteiger partial charge in [0.1, 0.15) is 6.10 Å². The van der Waals surface area contributed by atoms with Gasteiger partial charge in [0, 0.05) is 12.7 Å². The van der Waals surface area contributed by atoms with E-state index in [0.717, 1.165) is 5.69 Å². The van der Waals surface area contributed by atoms with Crippen LogP contribution in [0.15, 0.2) is 24.4 Å². The molecule has 1 aliphatic rings. The zero-order valence-corrected chi connectivity index (χ0v) is 9.78. The minimum absolute atomic E-state index is 0.283. The van der Waals surface area contributed by atoms with E-state index in [2.05, 4.69) is 4.98 Å². The Morgan fingerprint density at radius 2 is 2.39 bits per heavy atom. The molecule has 1 saturated heterocycles. The number of rotatable bonds is 4. The molecular weight excluding hydrogens is 236 g/mol. The third-order valence-corrected chi connectivity index (χ3v) is 2.71. The van der Waals surface area contributed by atoms with E-state index in [-0.39, 0.29) is 12.3 Å². The molecule has 6 heteroatoms. The van der Waals surface area contributed by atoms with Crippen LogP contribution in [0.5, 0.6) is 0 Å². The third kappa shape index (κ3) is 3.04. The van der Waals surface area contributed by atoms with Gasteiger partial charge in [0.05, 0.1) is 25.3 Å². The van der Waals surface area contributed by atoms with Crippen LogP contribution in [-0.4, -0.2) is 46.1 Å². The minimum atomic E-state index is -1.03. The molecular formula is C12H14N2O4. The fourth-order valence-corrected chi connectivity index (χ4v) is 1.84. The topological polar surface area (TPSA) is 79.7 Å². The maximum absolute atomic E-state index is 12.0. The number of carbonyl (C=O) groups is 2. The molecule has 1 aliphatic heterocycles. The van der Waals surface area contributed by atoms with E-state index in [0.29, 0.717) is 19.7 Å². The highest BCUT2D eigenvalue weighted by molar-refractivity contribution is 5.85. The van der Waals surface area contributed by atoms with Gasteiger partial charge in [0.25, 0.3) is 5.91 Å². The summed E-state index contributed by atoms with van der Waals surface area (Å²) in [6.07, 6.45) is 0.493. The number of hydrogen-bond acceptors (Lipinski definition) is 4. The van der Waals surface area contributed by atoms with Crippen LogP contribution in [0.3, 0.4) is 0 Å². The average molecular weight is 250 g/mol. The quantitative estimate of drug-likeness (QED) is 0.830. The molecule has 2 rings (SSSR count). The Labute approximate surface area is 104 Å². The van der Waals surface area contributed by atoms with E-state index in [1.165, 1.54) is 0 Å². The van der Waals surface area contributed by atoms with Crippen LogP contribution in [0.25, 0.3) is 0 Å². The first-order chi connectivity index (χ1) is 8.66. The first kappa shape index (κ1) is 12.5. The van der Waals surface area contributed by atoms with Crippen molar-refractivity contribution in [3.63, 3.8) is 0 Å². The van der Waals surface area contributed by atoms with Gasteiger partial charge in [-0.15, -0.1) is 0 Å². The largest absolute Gasteiger partial charge is 0.481 e. The van der Waals surface area contributed by atoms with Crippen LogP contribution in [-0.2, 0) is 20.9 Å². The molecule has 1 N–H and O–H groups in total. The Morgan fingerprint density at radius 3 is 3.06 bits per heavy atom. The van der Waals surface area contributed by atoms with Gasteiger partial charge in [0.2, 0.25) is 0 Å². The Morgan fingerprint density at radius 1 is 1.56 bits per heavy atom. The first-order valence-electron chi connectivity index (χ1n) is 5.69. The zero-order valence-electron chi connectivity index (χ0n) is 9.78. The smallest absolute Gasteiger partial charge is 0.306 e. The van der Waals surface area contributed by atoms with Crippen molar-refractivity contribution in [2.45, 2.75) is 19.1 Å². The monoisotopic (exact) mass is 250 g/mol. The van der Waals surface area contributed by atoms with E-state index < -0.39 is 12.1 Å². The number of pyridine rings is 1. The normalized spacial score (nSPS) is 19.9. The molecule has 18 heavy (non-hydrogen) atoms. The van der Waals surface area contributed by atoms with Crippen LogP contribution in [0.4, 0.5) is 0 Å². The summed E-state index contributed by atoms with van der Waals surface area (Å²) in [4.78, 5) is 28.3. The molecule has 0 radical (unpaired) electrons. The van der Waals surface area contributed by atoms with Crippen molar-refractivity contribution in [1.29, 1.82) is 0 Å². The summed E-state index contributed by atoms with van der Waals surface area (Å²) in [6, 6.07) is 5.48. The predicted octanol–water partition coefficient (Wildman–Crippen LogP) is 0.284. The second kappa shape index (κ2) is 5.59. The van der Waals surface area contributed by atoms with E-state index >= 15 is 0 Å². The standard InChI is InChI=1S/C12H14N2O4/c15-11(16)7-10-12(17)14(5-6-18-10)8-9-3-1-2-4-13-9/h1-4,10H,5-8H2,(H,15,16). The maximum atomic E-state index is 12.0. The SMILES string of the molecule is O=C(O)CC1OCCN(Cc2ccccn2)C1=O. The minimum Gasteiger partial charge on any atom is -0.481 e. The summed E-state index contributed by atoms with van der Waals surface area (Å²) < 4.78 is 5.18. The second-order valence-corrected chi connectivity index (χ2v) is 4.04. The van der Waals surface area contributed by atoms with Crippen LogP contribution in [0, 0.1) is 0 Å².